The van der Waals surface area contributed by atoms with Gasteiger partial charge in [-0.25, -0.2) is 23.5 Å². The number of urea groups is 1. The first-order valence-electron chi connectivity index (χ1n) is 8.06. The van der Waals surface area contributed by atoms with Crippen LogP contribution < -0.4 is 10.2 Å². The second-order valence-corrected chi connectivity index (χ2v) is 5.85. The summed E-state index contributed by atoms with van der Waals surface area (Å²) in [4.78, 5) is 17.6. The van der Waals surface area contributed by atoms with Gasteiger partial charge in [-0.1, -0.05) is 30.9 Å². The Labute approximate surface area is 151 Å². The molecule has 136 valence electrons. The minimum Gasteiger partial charge on any atom is -0.333 e. The van der Waals surface area contributed by atoms with Crippen molar-refractivity contribution >= 4 is 17.9 Å². The number of hydrogen-bond acceptors (Lipinski definition) is 2. The predicted molar refractivity (Wildman–Crippen MR) is 101 cm³/mol. The Morgan fingerprint density at radius 2 is 1.92 bits per heavy atom. The van der Waals surface area contributed by atoms with Crippen molar-refractivity contribution in [3.05, 3.63) is 77.2 Å². The van der Waals surface area contributed by atoms with E-state index in [9.17, 15) is 13.6 Å². The maximum Gasteiger partial charge on any atom is 0.328 e. The molecule has 1 aromatic rings. The first kappa shape index (κ1) is 19.3. The molecule has 0 spiro atoms. The van der Waals surface area contributed by atoms with Crippen molar-refractivity contribution < 1.29 is 13.6 Å². The number of carbonyl (C=O) groups excluding carboxylic acids is 1. The normalized spacial score (nSPS) is 14.5. The molecule has 1 aliphatic heterocycles. The van der Waals surface area contributed by atoms with E-state index in [1.807, 2.05) is 13.8 Å². The molecule has 1 aromatic carbocycles. The molecule has 0 aliphatic carbocycles. The maximum absolute atomic E-state index is 14.3. The summed E-state index contributed by atoms with van der Waals surface area (Å²) in [5, 5.41) is 2.63. The standard InChI is InChI=1S/C20H21F2N3O/c1-6-14(12(3)4)13(5)15-11-24-20(26)25(19(15)23-7-2)18-16(21)9-8-10-17(18)22/h6-10H,1,5,11H2,2-4H3,(H,24,26)/b23-7-. The van der Waals surface area contributed by atoms with Crippen LogP contribution >= 0.6 is 0 Å². The number of halogens is 2. The van der Waals surface area contributed by atoms with Crippen LogP contribution in [0.5, 0.6) is 0 Å². The van der Waals surface area contributed by atoms with Gasteiger partial charge in [0, 0.05) is 18.3 Å². The zero-order chi connectivity index (χ0) is 19.4. The second-order valence-electron chi connectivity index (χ2n) is 5.85. The third-order valence-electron chi connectivity index (χ3n) is 3.95. The quantitative estimate of drug-likeness (QED) is 0.593. The molecule has 1 N–H and O–H groups in total. The highest BCUT2D eigenvalue weighted by atomic mass is 19.1. The second kappa shape index (κ2) is 7.91. The Bertz CT molecular complexity index is 842. The summed E-state index contributed by atoms with van der Waals surface area (Å²) >= 11 is 0. The zero-order valence-corrected chi connectivity index (χ0v) is 15.1. The molecule has 26 heavy (non-hydrogen) atoms. The molecule has 0 fully saturated rings. The van der Waals surface area contributed by atoms with Crippen LogP contribution in [0.4, 0.5) is 19.3 Å². The Balaban J connectivity index is 2.75. The third-order valence-corrected chi connectivity index (χ3v) is 3.95. The minimum absolute atomic E-state index is 0.130. The van der Waals surface area contributed by atoms with Crippen molar-refractivity contribution in [3.8, 4) is 0 Å². The lowest BCUT2D eigenvalue weighted by Gasteiger charge is -2.31. The van der Waals surface area contributed by atoms with E-state index in [1.54, 1.807) is 13.0 Å². The van der Waals surface area contributed by atoms with Gasteiger partial charge in [0.2, 0.25) is 0 Å². The number of amides is 2. The van der Waals surface area contributed by atoms with Gasteiger partial charge in [0.1, 0.15) is 23.1 Å². The van der Waals surface area contributed by atoms with E-state index in [1.165, 1.54) is 12.3 Å². The van der Waals surface area contributed by atoms with E-state index in [-0.39, 0.29) is 12.4 Å². The zero-order valence-electron chi connectivity index (χ0n) is 15.1. The summed E-state index contributed by atoms with van der Waals surface area (Å²) in [7, 11) is 0. The van der Waals surface area contributed by atoms with Crippen LogP contribution in [0.15, 0.2) is 70.5 Å². The fraction of sp³-hybridized carbons (Fsp3) is 0.200. The molecule has 2 amide bonds. The van der Waals surface area contributed by atoms with Crippen molar-refractivity contribution in [1.29, 1.82) is 0 Å². The molecule has 6 heteroatoms. The molecule has 0 radical (unpaired) electrons. The van der Waals surface area contributed by atoms with Gasteiger partial charge in [-0.2, -0.15) is 0 Å². The van der Waals surface area contributed by atoms with Crippen molar-refractivity contribution in [2.24, 2.45) is 4.99 Å². The minimum atomic E-state index is -0.859. The molecule has 2 rings (SSSR count). The smallest absolute Gasteiger partial charge is 0.328 e. The van der Waals surface area contributed by atoms with Crippen LogP contribution in [0, 0.1) is 11.6 Å². The average Bonchev–Trinajstić information content (AvgIpc) is 2.57. The van der Waals surface area contributed by atoms with Crippen molar-refractivity contribution in [3.63, 3.8) is 0 Å². The summed E-state index contributed by atoms with van der Waals surface area (Å²) in [6, 6.07) is 2.76. The first-order chi connectivity index (χ1) is 12.3. The number of anilines is 1. The number of hydrogen-bond donors (Lipinski definition) is 1. The highest BCUT2D eigenvalue weighted by molar-refractivity contribution is 5.98. The van der Waals surface area contributed by atoms with Gasteiger partial charge in [0.15, 0.2) is 0 Å². The molecule has 1 aliphatic rings. The number of allylic oxidation sites excluding steroid dienone is 3. The summed E-state index contributed by atoms with van der Waals surface area (Å²) in [6.45, 7) is 13.5. The van der Waals surface area contributed by atoms with E-state index in [4.69, 9.17) is 0 Å². The number of carbonyl (C=O) groups is 1. The van der Waals surface area contributed by atoms with Crippen LogP contribution in [0.3, 0.4) is 0 Å². The predicted octanol–water partition coefficient (Wildman–Crippen LogP) is 4.88. The Morgan fingerprint density at radius 3 is 2.42 bits per heavy atom. The molecule has 0 bridgehead atoms. The summed E-state index contributed by atoms with van der Waals surface area (Å²) in [6.07, 6.45) is 3.12. The van der Waals surface area contributed by atoms with Gasteiger partial charge in [-0.3, -0.25) is 0 Å². The van der Waals surface area contributed by atoms with E-state index in [0.717, 1.165) is 28.2 Å². The van der Waals surface area contributed by atoms with Crippen LogP contribution in [-0.2, 0) is 0 Å². The lowest BCUT2D eigenvalue weighted by atomic mass is 9.94. The monoisotopic (exact) mass is 357 g/mol. The third kappa shape index (κ3) is 3.49. The van der Waals surface area contributed by atoms with E-state index in [2.05, 4.69) is 23.5 Å². The van der Waals surface area contributed by atoms with Crippen LogP contribution in [0.25, 0.3) is 0 Å². The maximum atomic E-state index is 14.3. The highest BCUT2D eigenvalue weighted by Gasteiger charge is 2.33. The largest absolute Gasteiger partial charge is 0.333 e. The van der Waals surface area contributed by atoms with Crippen molar-refractivity contribution in [2.75, 3.05) is 11.4 Å². The van der Waals surface area contributed by atoms with Crippen LogP contribution in [-0.4, -0.2) is 18.8 Å². The van der Waals surface area contributed by atoms with Crippen molar-refractivity contribution in [2.45, 2.75) is 20.8 Å². The first-order valence-corrected chi connectivity index (χ1v) is 8.06. The molecule has 0 saturated heterocycles. The van der Waals surface area contributed by atoms with Gasteiger partial charge in [0.25, 0.3) is 0 Å². The fourth-order valence-electron chi connectivity index (χ4n) is 2.75. The van der Waals surface area contributed by atoms with Crippen molar-refractivity contribution in [1.82, 2.24) is 5.32 Å². The van der Waals surface area contributed by atoms with Gasteiger partial charge < -0.3 is 5.32 Å². The summed E-state index contributed by atoms with van der Waals surface area (Å²) in [5.41, 5.74) is 2.42. The topological polar surface area (TPSA) is 44.7 Å². The van der Waals surface area contributed by atoms with Crippen LogP contribution in [0.1, 0.15) is 20.8 Å². The molecule has 0 unspecified atom stereocenters. The molecule has 1 heterocycles. The number of para-hydroxylation sites is 1. The number of benzene rings is 1. The van der Waals surface area contributed by atoms with Crippen LogP contribution in [0.2, 0.25) is 0 Å². The van der Waals surface area contributed by atoms with Gasteiger partial charge in [-0.15, -0.1) is 0 Å². The number of nitrogens with zero attached hydrogens (tertiary/aromatic N) is 2. The number of rotatable bonds is 5. The molecular formula is C20H21F2N3O. The number of aliphatic imine (C=N–C) groups is 1. The number of nitrogens with one attached hydrogen (secondary N) is 1. The molecule has 4 nitrogen and oxygen atoms in total. The van der Waals surface area contributed by atoms with Gasteiger partial charge >= 0.3 is 6.03 Å². The Morgan fingerprint density at radius 1 is 1.31 bits per heavy atom. The molecule has 0 aromatic heterocycles. The highest BCUT2D eigenvalue weighted by Crippen LogP contribution is 2.34. The molecule has 0 atom stereocenters. The molecular weight excluding hydrogens is 336 g/mol. The van der Waals surface area contributed by atoms with Gasteiger partial charge in [-0.05, 0) is 44.1 Å². The van der Waals surface area contributed by atoms with Gasteiger partial charge in [0.05, 0.1) is 0 Å². The lowest BCUT2D eigenvalue weighted by molar-refractivity contribution is 0.247. The average molecular weight is 357 g/mol. The molecule has 0 saturated carbocycles. The lowest BCUT2D eigenvalue weighted by Crippen LogP contribution is -2.46. The Hall–Kier alpha value is -3.02. The fourth-order valence-corrected chi connectivity index (χ4v) is 2.75. The SMILES string of the molecule is C=CC(C(=C)C1=C(/N=C\C)N(c2c(F)cccc2F)C(=O)NC1)=C(C)C. The van der Waals surface area contributed by atoms with E-state index >= 15 is 0 Å². The van der Waals surface area contributed by atoms with E-state index < -0.39 is 23.4 Å². The Kier molecular flexibility index (Phi) is 5.87. The summed E-state index contributed by atoms with van der Waals surface area (Å²) in [5.74, 6) is -1.59. The summed E-state index contributed by atoms with van der Waals surface area (Å²) < 4.78 is 28.6. The van der Waals surface area contributed by atoms with E-state index in [0.29, 0.717) is 11.1 Å².